The van der Waals surface area contributed by atoms with E-state index in [0.29, 0.717) is 18.7 Å². The fourth-order valence-corrected chi connectivity index (χ4v) is 2.74. The summed E-state index contributed by atoms with van der Waals surface area (Å²) in [5.74, 6) is -0.235. The number of hydrogen-bond acceptors (Lipinski definition) is 3. The number of non-ortho nitro benzene ring substituents is 1. The molecule has 5 heteroatoms. The molecule has 0 saturated heterocycles. The quantitative estimate of drug-likeness (QED) is 0.490. The summed E-state index contributed by atoms with van der Waals surface area (Å²) in [6, 6.07) is 25.2. The molecule has 0 fully saturated rings. The molecular formula is C21H18N2O3. The van der Waals surface area contributed by atoms with Gasteiger partial charge < -0.3 is 4.90 Å². The zero-order valence-electron chi connectivity index (χ0n) is 14.1. The average molecular weight is 346 g/mol. The molecule has 130 valence electrons. The largest absolute Gasteiger partial charge is 0.330 e. The van der Waals surface area contributed by atoms with E-state index in [2.05, 4.69) is 0 Å². The number of amides is 1. The summed E-state index contributed by atoms with van der Waals surface area (Å²) in [5.41, 5.74) is 2.23. The molecule has 3 aromatic carbocycles. The molecule has 26 heavy (non-hydrogen) atoms. The SMILES string of the molecule is O=C(c1cccc([N+](=O)[O-])c1)N(Cc1ccccc1)Cc1ccccc1. The highest BCUT2D eigenvalue weighted by atomic mass is 16.6. The molecule has 0 heterocycles. The van der Waals surface area contributed by atoms with Crippen molar-refractivity contribution in [1.82, 2.24) is 4.90 Å². The van der Waals surface area contributed by atoms with E-state index in [4.69, 9.17) is 0 Å². The van der Waals surface area contributed by atoms with Crippen LogP contribution < -0.4 is 0 Å². The number of nitro benzene ring substituents is 1. The van der Waals surface area contributed by atoms with E-state index in [1.54, 1.807) is 11.0 Å². The maximum atomic E-state index is 13.0. The number of hydrogen-bond donors (Lipinski definition) is 0. The van der Waals surface area contributed by atoms with Crippen LogP contribution in [0, 0.1) is 10.1 Å². The number of carbonyl (C=O) groups excluding carboxylic acids is 1. The molecule has 0 unspecified atom stereocenters. The normalized spacial score (nSPS) is 10.3. The summed E-state index contributed by atoms with van der Waals surface area (Å²) in [6.07, 6.45) is 0. The van der Waals surface area contributed by atoms with Crippen molar-refractivity contribution in [2.75, 3.05) is 0 Å². The Balaban J connectivity index is 1.89. The van der Waals surface area contributed by atoms with Crippen LogP contribution in [0.3, 0.4) is 0 Å². The highest BCUT2D eigenvalue weighted by Crippen LogP contribution is 2.18. The van der Waals surface area contributed by atoms with Crippen LogP contribution in [0.5, 0.6) is 0 Å². The van der Waals surface area contributed by atoms with Gasteiger partial charge in [0, 0.05) is 30.8 Å². The van der Waals surface area contributed by atoms with Crippen LogP contribution in [-0.4, -0.2) is 15.7 Å². The maximum Gasteiger partial charge on any atom is 0.270 e. The van der Waals surface area contributed by atoms with Crippen LogP contribution in [0.4, 0.5) is 5.69 Å². The Labute approximate surface area is 151 Å². The van der Waals surface area contributed by atoms with Gasteiger partial charge >= 0.3 is 0 Å². The summed E-state index contributed by atoms with van der Waals surface area (Å²) >= 11 is 0. The number of benzene rings is 3. The molecule has 0 aliphatic heterocycles. The van der Waals surface area contributed by atoms with E-state index in [1.807, 2.05) is 60.7 Å². The van der Waals surface area contributed by atoms with Crippen molar-refractivity contribution in [2.24, 2.45) is 0 Å². The van der Waals surface area contributed by atoms with Gasteiger partial charge in [0.25, 0.3) is 11.6 Å². The fourth-order valence-electron chi connectivity index (χ4n) is 2.74. The molecule has 0 bridgehead atoms. The van der Waals surface area contributed by atoms with Crippen LogP contribution in [0.1, 0.15) is 21.5 Å². The summed E-state index contributed by atoms with van der Waals surface area (Å²) in [4.78, 5) is 25.2. The Bertz CT molecular complexity index is 854. The highest BCUT2D eigenvalue weighted by molar-refractivity contribution is 5.94. The first kappa shape index (κ1) is 17.4. The predicted molar refractivity (Wildman–Crippen MR) is 99.6 cm³/mol. The number of carbonyl (C=O) groups is 1. The van der Waals surface area contributed by atoms with Crippen LogP contribution in [-0.2, 0) is 13.1 Å². The summed E-state index contributed by atoms with van der Waals surface area (Å²) in [7, 11) is 0. The lowest BCUT2D eigenvalue weighted by atomic mass is 10.1. The van der Waals surface area contributed by atoms with Gasteiger partial charge in [-0.2, -0.15) is 0 Å². The predicted octanol–water partition coefficient (Wildman–Crippen LogP) is 4.44. The third-order valence-corrected chi connectivity index (χ3v) is 4.02. The lowest BCUT2D eigenvalue weighted by Crippen LogP contribution is -2.30. The van der Waals surface area contributed by atoms with Crippen molar-refractivity contribution in [3.63, 3.8) is 0 Å². The van der Waals surface area contributed by atoms with Crippen molar-refractivity contribution in [2.45, 2.75) is 13.1 Å². The van der Waals surface area contributed by atoms with Crippen molar-refractivity contribution in [3.8, 4) is 0 Å². The van der Waals surface area contributed by atoms with Crippen molar-refractivity contribution < 1.29 is 9.72 Å². The second kappa shape index (κ2) is 8.07. The average Bonchev–Trinajstić information content (AvgIpc) is 2.68. The first-order valence-electron chi connectivity index (χ1n) is 8.25. The summed E-state index contributed by atoms with van der Waals surface area (Å²) in [5, 5.41) is 11.0. The summed E-state index contributed by atoms with van der Waals surface area (Å²) < 4.78 is 0. The second-order valence-electron chi connectivity index (χ2n) is 5.94. The molecule has 0 aliphatic rings. The first-order valence-corrected chi connectivity index (χ1v) is 8.25. The van der Waals surface area contributed by atoms with Crippen molar-refractivity contribution in [3.05, 3.63) is 112 Å². The van der Waals surface area contributed by atoms with Crippen molar-refractivity contribution >= 4 is 11.6 Å². The van der Waals surface area contributed by atoms with E-state index < -0.39 is 4.92 Å². The van der Waals surface area contributed by atoms with Gasteiger partial charge in [0.05, 0.1) is 4.92 Å². The molecule has 0 N–H and O–H groups in total. The topological polar surface area (TPSA) is 63.4 Å². The zero-order valence-corrected chi connectivity index (χ0v) is 14.1. The van der Waals surface area contributed by atoms with E-state index in [-0.39, 0.29) is 11.6 Å². The second-order valence-corrected chi connectivity index (χ2v) is 5.94. The van der Waals surface area contributed by atoms with Crippen LogP contribution >= 0.6 is 0 Å². The molecule has 5 nitrogen and oxygen atoms in total. The molecule has 3 rings (SSSR count). The van der Waals surface area contributed by atoms with Gasteiger partial charge in [-0.3, -0.25) is 14.9 Å². The number of nitrogens with zero attached hydrogens (tertiary/aromatic N) is 2. The Morgan fingerprint density at radius 1 is 0.808 bits per heavy atom. The van der Waals surface area contributed by atoms with Crippen LogP contribution in [0.2, 0.25) is 0 Å². The molecule has 0 aliphatic carbocycles. The Hall–Kier alpha value is -3.47. The van der Waals surface area contributed by atoms with E-state index in [9.17, 15) is 14.9 Å². The smallest absolute Gasteiger partial charge is 0.270 e. The van der Waals surface area contributed by atoms with E-state index >= 15 is 0 Å². The molecule has 0 radical (unpaired) electrons. The molecule has 0 spiro atoms. The van der Waals surface area contributed by atoms with Gasteiger partial charge in [0.2, 0.25) is 0 Å². The van der Waals surface area contributed by atoms with Crippen molar-refractivity contribution in [1.29, 1.82) is 0 Å². The molecular weight excluding hydrogens is 328 g/mol. The minimum absolute atomic E-state index is 0.0878. The number of rotatable bonds is 6. The zero-order chi connectivity index (χ0) is 18.4. The highest BCUT2D eigenvalue weighted by Gasteiger charge is 2.19. The minimum atomic E-state index is -0.491. The minimum Gasteiger partial charge on any atom is -0.330 e. The van der Waals surface area contributed by atoms with Gasteiger partial charge in [-0.1, -0.05) is 66.7 Å². The molecule has 1 amide bonds. The van der Waals surface area contributed by atoms with E-state index in [0.717, 1.165) is 11.1 Å². The molecule has 3 aromatic rings. The summed E-state index contributed by atoms with van der Waals surface area (Å²) in [6.45, 7) is 0.856. The molecule has 0 atom stereocenters. The third kappa shape index (κ3) is 4.33. The number of nitro groups is 1. The lowest BCUT2D eigenvalue weighted by Gasteiger charge is -2.23. The monoisotopic (exact) mass is 346 g/mol. The third-order valence-electron chi connectivity index (χ3n) is 4.02. The van der Waals surface area contributed by atoms with Gasteiger partial charge in [0.1, 0.15) is 0 Å². The van der Waals surface area contributed by atoms with Gasteiger partial charge in [-0.15, -0.1) is 0 Å². The lowest BCUT2D eigenvalue weighted by molar-refractivity contribution is -0.384. The van der Waals surface area contributed by atoms with Crippen LogP contribution in [0.15, 0.2) is 84.9 Å². The Morgan fingerprint density at radius 3 is 1.85 bits per heavy atom. The van der Waals surface area contributed by atoms with E-state index in [1.165, 1.54) is 18.2 Å². The Morgan fingerprint density at radius 2 is 1.35 bits per heavy atom. The molecule has 0 aromatic heterocycles. The maximum absolute atomic E-state index is 13.0. The fraction of sp³-hybridized carbons (Fsp3) is 0.0952. The first-order chi connectivity index (χ1) is 12.6. The molecule has 0 saturated carbocycles. The standard InChI is InChI=1S/C21H18N2O3/c24-21(19-12-7-13-20(14-19)23(25)26)22(15-17-8-3-1-4-9-17)16-18-10-5-2-6-11-18/h1-14H,15-16H2. The van der Waals surface area contributed by atoms with Gasteiger partial charge in [-0.05, 0) is 17.2 Å². The Kier molecular flexibility index (Phi) is 5.39. The van der Waals surface area contributed by atoms with Gasteiger partial charge in [-0.25, -0.2) is 0 Å². The van der Waals surface area contributed by atoms with Gasteiger partial charge in [0.15, 0.2) is 0 Å². The van der Waals surface area contributed by atoms with Crippen LogP contribution in [0.25, 0.3) is 0 Å².